The van der Waals surface area contributed by atoms with Crippen molar-refractivity contribution in [3.63, 3.8) is 0 Å². The van der Waals surface area contributed by atoms with Crippen LogP contribution in [0.2, 0.25) is 0 Å². The minimum absolute atomic E-state index is 0. The van der Waals surface area contributed by atoms with Gasteiger partial charge in [-0.2, -0.15) is 0 Å². The molecule has 23 heavy (non-hydrogen) atoms. The lowest BCUT2D eigenvalue weighted by Gasteiger charge is -2.21. The van der Waals surface area contributed by atoms with Crippen molar-refractivity contribution >= 4 is 41.0 Å². The minimum Gasteiger partial charge on any atom is -0.332 e. The maximum absolute atomic E-state index is 12.5. The van der Waals surface area contributed by atoms with Crippen LogP contribution in [-0.4, -0.2) is 17.4 Å². The van der Waals surface area contributed by atoms with Crippen LogP contribution < -0.4 is 5.73 Å². The van der Waals surface area contributed by atoms with Crippen LogP contribution >= 0.6 is 35.1 Å². The van der Waals surface area contributed by atoms with Gasteiger partial charge in [0, 0.05) is 16.2 Å². The zero-order valence-electron chi connectivity index (χ0n) is 13.3. The van der Waals surface area contributed by atoms with Crippen LogP contribution in [0.5, 0.6) is 0 Å². The van der Waals surface area contributed by atoms with Gasteiger partial charge < -0.3 is 10.6 Å². The van der Waals surface area contributed by atoms with Crippen LogP contribution in [0.15, 0.2) is 35.0 Å². The van der Waals surface area contributed by atoms with Crippen LogP contribution in [0.3, 0.4) is 0 Å². The highest BCUT2D eigenvalue weighted by molar-refractivity contribution is 7.10. The highest BCUT2D eigenvalue weighted by Crippen LogP contribution is 2.18. The van der Waals surface area contributed by atoms with Crippen molar-refractivity contribution in [1.29, 1.82) is 0 Å². The Morgan fingerprint density at radius 3 is 2.00 bits per heavy atom. The van der Waals surface area contributed by atoms with E-state index in [0.717, 1.165) is 45.3 Å². The van der Waals surface area contributed by atoms with Crippen LogP contribution in [0.4, 0.5) is 0 Å². The summed E-state index contributed by atoms with van der Waals surface area (Å²) in [6.45, 7) is 2.19. The van der Waals surface area contributed by atoms with Gasteiger partial charge in [0.25, 0.3) is 0 Å². The highest BCUT2D eigenvalue weighted by Gasteiger charge is 2.15. The number of hydrogen-bond donors (Lipinski definition) is 1. The normalized spacial score (nSPS) is 10.3. The van der Waals surface area contributed by atoms with Gasteiger partial charge in [0.1, 0.15) is 0 Å². The van der Waals surface area contributed by atoms with Crippen LogP contribution in [0.1, 0.15) is 41.9 Å². The Balaban J connectivity index is 0.00000264. The molecule has 2 heterocycles. The molecule has 3 nitrogen and oxygen atoms in total. The van der Waals surface area contributed by atoms with Crippen molar-refractivity contribution in [1.82, 2.24) is 4.90 Å². The number of nitrogens with two attached hydrogens (primary N) is 1. The zero-order chi connectivity index (χ0) is 15.6. The Morgan fingerprint density at radius 2 is 1.52 bits per heavy atom. The molecule has 2 aromatic heterocycles. The molecule has 0 saturated carbocycles. The van der Waals surface area contributed by atoms with E-state index in [1.807, 2.05) is 17.0 Å². The molecular weight excluding hydrogens is 348 g/mol. The predicted octanol–water partition coefficient (Wildman–Crippen LogP) is 4.67. The number of hydrogen-bond acceptors (Lipinski definition) is 4. The van der Waals surface area contributed by atoms with Gasteiger partial charge in [0.15, 0.2) is 0 Å². The molecular formula is C17H25ClN2OS2. The summed E-state index contributed by atoms with van der Waals surface area (Å²) >= 11 is 3.42. The minimum atomic E-state index is 0. The topological polar surface area (TPSA) is 46.3 Å². The van der Waals surface area contributed by atoms with E-state index in [2.05, 4.69) is 22.9 Å². The summed E-state index contributed by atoms with van der Waals surface area (Å²) in [7, 11) is 0. The molecule has 0 bridgehead atoms. The number of carbonyl (C=O) groups is 1. The molecule has 0 radical (unpaired) electrons. The first-order valence-electron chi connectivity index (χ1n) is 7.82. The lowest BCUT2D eigenvalue weighted by atomic mass is 10.1. The fraction of sp³-hybridized carbons (Fsp3) is 0.471. The summed E-state index contributed by atoms with van der Waals surface area (Å²) in [5.41, 5.74) is 5.50. The molecule has 1 amide bonds. The predicted molar refractivity (Wildman–Crippen MR) is 102 cm³/mol. The molecule has 2 aromatic rings. The summed E-state index contributed by atoms with van der Waals surface area (Å²) in [5, 5.41) is 4.13. The number of thiophene rings is 2. The molecule has 6 heteroatoms. The van der Waals surface area contributed by atoms with E-state index in [9.17, 15) is 4.79 Å². The summed E-state index contributed by atoms with van der Waals surface area (Å²) in [6, 6.07) is 8.28. The third-order valence-corrected chi connectivity index (χ3v) is 5.27. The van der Waals surface area contributed by atoms with Gasteiger partial charge in [0.05, 0.1) is 13.1 Å². The second-order valence-corrected chi connectivity index (χ2v) is 7.43. The Labute approximate surface area is 152 Å². The van der Waals surface area contributed by atoms with Gasteiger partial charge >= 0.3 is 0 Å². The Bertz CT molecular complexity index is 493. The average Bonchev–Trinajstić information content (AvgIpc) is 3.20. The summed E-state index contributed by atoms with van der Waals surface area (Å²) in [4.78, 5) is 17.0. The van der Waals surface area contributed by atoms with E-state index >= 15 is 0 Å². The monoisotopic (exact) mass is 372 g/mol. The molecule has 0 aliphatic heterocycles. The zero-order valence-corrected chi connectivity index (χ0v) is 15.7. The van der Waals surface area contributed by atoms with Crippen molar-refractivity contribution in [3.8, 4) is 0 Å². The summed E-state index contributed by atoms with van der Waals surface area (Å²) in [5.74, 6) is 0.259. The smallest absolute Gasteiger partial charge is 0.223 e. The third-order valence-electron chi connectivity index (χ3n) is 3.55. The molecule has 0 saturated heterocycles. The molecule has 2 rings (SSSR count). The van der Waals surface area contributed by atoms with Crippen LogP contribution in [-0.2, 0) is 17.9 Å². The second-order valence-electron chi connectivity index (χ2n) is 5.36. The van der Waals surface area contributed by atoms with Crippen molar-refractivity contribution < 1.29 is 4.79 Å². The van der Waals surface area contributed by atoms with Gasteiger partial charge in [-0.05, 0) is 42.3 Å². The molecule has 2 N–H and O–H groups in total. The highest BCUT2D eigenvalue weighted by atomic mass is 35.5. The Kier molecular flexibility index (Phi) is 10.2. The summed E-state index contributed by atoms with van der Waals surface area (Å²) < 4.78 is 0. The van der Waals surface area contributed by atoms with E-state index in [-0.39, 0.29) is 18.3 Å². The number of rotatable bonds is 10. The third kappa shape index (κ3) is 7.48. The average molecular weight is 373 g/mol. The van der Waals surface area contributed by atoms with E-state index < -0.39 is 0 Å². The first kappa shape index (κ1) is 20.2. The molecule has 0 aliphatic carbocycles. The van der Waals surface area contributed by atoms with Crippen LogP contribution in [0, 0.1) is 0 Å². The SMILES string of the molecule is Cl.NCCCCCCC(=O)N(Cc1cccs1)Cc1cccs1. The van der Waals surface area contributed by atoms with Gasteiger partial charge in [0.2, 0.25) is 5.91 Å². The number of amides is 1. The number of halogens is 1. The lowest BCUT2D eigenvalue weighted by molar-refractivity contribution is -0.132. The Morgan fingerprint density at radius 1 is 0.957 bits per heavy atom. The van der Waals surface area contributed by atoms with Crippen molar-refractivity contribution in [3.05, 3.63) is 44.8 Å². The molecule has 0 unspecified atom stereocenters. The fourth-order valence-corrected chi connectivity index (χ4v) is 3.78. The van der Waals surface area contributed by atoms with Gasteiger partial charge in [-0.1, -0.05) is 25.0 Å². The van der Waals surface area contributed by atoms with Crippen molar-refractivity contribution in [2.45, 2.75) is 45.2 Å². The van der Waals surface area contributed by atoms with Gasteiger partial charge in [-0.15, -0.1) is 35.1 Å². The van der Waals surface area contributed by atoms with Crippen LogP contribution in [0.25, 0.3) is 0 Å². The first-order valence-corrected chi connectivity index (χ1v) is 9.58. The molecule has 0 fully saturated rings. The van der Waals surface area contributed by atoms with Crippen molar-refractivity contribution in [2.75, 3.05) is 6.54 Å². The molecule has 0 aliphatic rings. The second kappa shape index (κ2) is 11.6. The molecule has 128 valence electrons. The lowest BCUT2D eigenvalue weighted by Crippen LogP contribution is -2.29. The van der Waals surface area contributed by atoms with Gasteiger partial charge in [-0.3, -0.25) is 4.79 Å². The maximum Gasteiger partial charge on any atom is 0.223 e. The van der Waals surface area contributed by atoms with E-state index in [4.69, 9.17) is 5.73 Å². The standard InChI is InChI=1S/C17H24N2OS2.ClH/c18-10-4-2-1-3-9-17(20)19(13-15-7-5-11-21-15)14-16-8-6-12-22-16;/h5-8,11-12H,1-4,9-10,13-14,18H2;1H. The van der Waals surface area contributed by atoms with E-state index in [1.165, 1.54) is 9.75 Å². The van der Waals surface area contributed by atoms with E-state index in [0.29, 0.717) is 6.42 Å². The van der Waals surface area contributed by atoms with E-state index in [1.54, 1.807) is 22.7 Å². The Hall–Kier alpha value is -0.880. The molecule has 0 aromatic carbocycles. The van der Waals surface area contributed by atoms with Crippen molar-refractivity contribution in [2.24, 2.45) is 5.73 Å². The summed E-state index contributed by atoms with van der Waals surface area (Å²) in [6.07, 6.45) is 4.88. The first-order chi connectivity index (χ1) is 10.8. The van der Waals surface area contributed by atoms with Gasteiger partial charge in [-0.25, -0.2) is 0 Å². The largest absolute Gasteiger partial charge is 0.332 e. The number of unbranched alkanes of at least 4 members (excludes halogenated alkanes) is 3. The number of carbonyl (C=O) groups excluding carboxylic acids is 1. The quantitative estimate of drug-likeness (QED) is 0.616. The maximum atomic E-state index is 12.5. The molecule has 0 atom stereocenters. The molecule has 0 spiro atoms. The fourth-order valence-electron chi connectivity index (χ4n) is 2.35. The number of nitrogens with zero attached hydrogens (tertiary/aromatic N) is 1.